The van der Waals surface area contributed by atoms with Crippen LogP contribution in [0.1, 0.15) is 11.1 Å². The number of nitrogens with one attached hydrogen (secondary N) is 1. The average molecular weight is 593 g/mol. The molecule has 11 heteroatoms. The molecule has 9 nitrogen and oxygen atoms in total. The van der Waals surface area contributed by atoms with Gasteiger partial charge in [0.2, 0.25) is 0 Å². The van der Waals surface area contributed by atoms with Gasteiger partial charge in [-0.1, -0.05) is 0 Å². The van der Waals surface area contributed by atoms with Crippen LogP contribution >= 0.6 is 0 Å². The van der Waals surface area contributed by atoms with Gasteiger partial charge in [-0.2, -0.15) is 0 Å². The lowest BCUT2D eigenvalue weighted by Gasteiger charge is -2.24. The van der Waals surface area contributed by atoms with Gasteiger partial charge < -0.3 is 24.3 Å². The number of ketones is 1. The maximum Gasteiger partial charge on any atom is 0.195 e. The highest BCUT2D eigenvalue weighted by atomic mass is 19.1. The van der Waals surface area contributed by atoms with Crippen LogP contribution in [0.4, 0.5) is 20.3 Å². The first-order valence-corrected chi connectivity index (χ1v) is 14.8. The van der Waals surface area contributed by atoms with E-state index in [-0.39, 0.29) is 24.4 Å². The molecule has 7 rings (SSSR count). The monoisotopic (exact) mass is 592 g/mol. The van der Waals surface area contributed by atoms with E-state index in [0.717, 1.165) is 13.2 Å². The fourth-order valence-corrected chi connectivity index (χ4v) is 6.42. The molecule has 3 saturated heterocycles. The number of rotatable bonds is 10. The third-order valence-corrected chi connectivity index (χ3v) is 8.98. The van der Waals surface area contributed by atoms with Crippen molar-refractivity contribution >= 4 is 28.2 Å². The van der Waals surface area contributed by atoms with Crippen LogP contribution in [0.2, 0.25) is 0 Å². The van der Waals surface area contributed by atoms with E-state index in [4.69, 9.17) is 18.9 Å². The molecule has 1 aliphatic carbocycles. The van der Waals surface area contributed by atoms with Crippen molar-refractivity contribution in [2.75, 3.05) is 58.0 Å². The van der Waals surface area contributed by atoms with E-state index in [0.29, 0.717) is 96.5 Å². The van der Waals surface area contributed by atoms with Gasteiger partial charge in [0.25, 0.3) is 0 Å². The van der Waals surface area contributed by atoms with Crippen molar-refractivity contribution in [1.82, 2.24) is 14.9 Å². The Bertz CT molecular complexity index is 1540. The summed E-state index contributed by atoms with van der Waals surface area (Å²) >= 11 is 0. The first-order valence-electron chi connectivity index (χ1n) is 14.8. The number of aryl methyl sites for hydroxylation is 1. The second-order valence-corrected chi connectivity index (χ2v) is 11.8. The first kappa shape index (κ1) is 28.3. The number of carbonyl (C=O) groups excluding carboxylic acids is 1. The van der Waals surface area contributed by atoms with E-state index in [1.165, 1.54) is 18.5 Å². The maximum absolute atomic E-state index is 15.2. The Morgan fingerprint density at radius 2 is 1.88 bits per heavy atom. The number of halogens is 2. The molecule has 0 amide bonds. The van der Waals surface area contributed by atoms with Crippen molar-refractivity contribution in [3.05, 3.63) is 65.5 Å². The van der Waals surface area contributed by atoms with E-state index in [9.17, 15) is 9.18 Å². The molecule has 1 saturated carbocycles. The van der Waals surface area contributed by atoms with Crippen LogP contribution in [0.25, 0.3) is 10.9 Å². The van der Waals surface area contributed by atoms with Crippen LogP contribution in [-0.2, 0) is 25.4 Å². The highest BCUT2D eigenvalue weighted by Gasteiger charge is 2.54. The van der Waals surface area contributed by atoms with Crippen LogP contribution in [0, 0.1) is 30.5 Å². The molecule has 4 aliphatic rings. The molecule has 1 aromatic heterocycles. The SMILES string of the molecule is Cc1cc(Nc2ncnc3cc(OCC4C5COCC54)c(CC(=O)/C(F)=C/CN4C[C@@H]5OCCO[C@H]5C4)cc23)ccc1F. The van der Waals surface area contributed by atoms with Crippen molar-refractivity contribution in [2.24, 2.45) is 17.8 Å². The largest absolute Gasteiger partial charge is 0.493 e. The third-order valence-electron chi connectivity index (χ3n) is 8.98. The molecule has 0 bridgehead atoms. The van der Waals surface area contributed by atoms with Crippen LogP contribution in [-0.4, -0.2) is 85.5 Å². The lowest BCUT2D eigenvalue weighted by Crippen LogP contribution is -2.36. The minimum atomic E-state index is -0.791. The molecular weight excluding hydrogens is 558 g/mol. The molecule has 0 radical (unpaired) electrons. The predicted octanol–water partition coefficient (Wildman–Crippen LogP) is 4.16. The van der Waals surface area contributed by atoms with Gasteiger partial charge in [-0.05, 0) is 54.7 Å². The summed E-state index contributed by atoms with van der Waals surface area (Å²) in [5, 5.41) is 3.87. The zero-order valence-corrected chi connectivity index (χ0v) is 23.9. The van der Waals surface area contributed by atoms with Gasteiger partial charge in [0.05, 0.1) is 50.8 Å². The second-order valence-electron chi connectivity index (χ2n) is 11.8. The maximum atomic E-state index is 15.2. The summed E-state index contributed by atoms with van der Waals surface area (Å²) in [4.78, 5) is 24.0. The molecule has 3 aromatic rings. The summed E-state index contributed by atoms with van der Waals surface area (Å²) in [5.74, 6) is 0.687. The lowest BCUT2D eigenvalue weighted by molar-refractivity contribution is -0.116. The number of carbonyl (C=O) groups is 1. The number of ether oxygens (including phenoxy) is 4. The van der Waals surface area contributed by atoms with Gasteiger partial charge in [0, 0.05) is 54.7 Å². The van der Waals surface area contributed by atoms with Gasteiger partial charge >= 0.3 is 0 Å². The smallest absolute Gasteiger partial charge is 0.195 e. The van der Waals surface area contributed by atoms with E-state index in [2.05, 4.69) is 15.3 Å². The van der Waals surface area contributed by atoms with Crippen molar-refractivity contribution in [2.45, 2.75) is 25.6 Å². The Kier molecular flexibility index (Phi) is 7.81. The van der Waals surface area contributed by atoms with Crippen molar-refractivity contribution in [1.29, 1.82) is 0 Å². The quantitative estimate of drug-likeness (QED) is 0.349. The van der Waals surface area contributed by atoms with E-state index in [1.54, 1.807) is 31.2 Å². The zero-order chi connectivity index (χ0) is 29.5. The van der Waals surface area contributed by atoms with Crippen LogP contribution in [0.15, 0.2) is 48.6 Å². The van der Waals surface area contributed by atoms with Gasteiger partial charge in [0.15, 0.2) is 11.6 Å². The van der Waals surface area contributed by atoms with Crippen LogP contribution < -0.4 is 10.1 Å². The van der Waals surface area contributed by atoms with Gasteiger partial charge in [-0.15, -0.1) is 0 Å². The number of likely N-dealkylation sites (tertiary alicyclic amines) is 1. The lowest BCUT2D eigenvalue weighted by atomic mass is 10.0. The number of fused-ring (bicyclic) bond motifs is 3. The number of anilines is 2. The van der Waals surface area contributed by atoms with Crippen molar-refractivity contribution < 1.29 is 32.5 Å². The second kappa shape index (κ2) is 11.9. The molecule has 43 heavy (non-hydrogen) atoms. The Morgan fingerprint density at radius 1 is 1.12 bits per heavy atom. The number of allylic oxidation sites excluding steroid dienone is 1. The van der Waals surface area contributed by atoms with Gasteiger partial charge in [0.1, 0.15) is 23.7 Å². The highest BCUT2D eigenvalue weighted by Crippen LogP contribution is 2.50. The van der Waals surface area contributed by atoms with Crippen LogP contribution in [0.3, 0.4) is 0 Å². The number of nitrogens with zero attached hydrogens (tertiary/aromatic N) is 3. The predicted molar refractivity (Wildman–Crippen MR) is 155 cm³/mol. The molecule has 4 heterocycles. The number of aromatic nitrogens is 2. The topological polar surface area (TPSA) is 95.0 Å². The standard InChI is InChI=1S/C32H34F2N4O5/c1-18-8-20(2-3-25(18)33)37-32-21-9-19(10-28(39)26(34)4-5-38-12-30-31(13-38)42-7-6-41-30)29(11-27(21)35-17-36-32)43-16-24-22-14-40-15-23(22)24/h2-4,8-9,11,17,22-24,30-31H,5-7,10,12-16H2,1H3,(H,35,36,37)/b26-4-/t22?,23?,24?,30-,31-/m0/s1. The van der Waals surface area contributed by atoms with E-state index >= 15 is 4.39 Å². The van der Waals surface area contributed by atoms with Crippen molar-refractivity contribution in [3.8, 4) is 5.75 Å². The summed E-state index contributed by atoms with van der Waals surface area (Å²) in [7, 11) is 0. The van der Waals surface area contributed by atoms with E-state index < -0.39 is 11.6 Å². The molecule has 4 fully saturated rings. The summed E-state index contributed by atoms with van der Waals surface area (Å²) in [6.45, 7) is 6.39. The summed E-state index contributed by atoms with van der Waals surface area (Å²) in [6.07, 6.45) is 2.56. The number of hydrogen-bond acceptors (Lipinski definition) is 9. The summed E-state index contributed by atoms with van der Waals surface area (Å²) in [5.41, 5.74) is 2.31. The van der Waals surface area contributed by atoms with Crippen molar-refractivity contribution in [3.63, 3.8) is 0 Å². The minimum Gasteiger partial charge on any atom is -0.493 e. The summed E-state index contributed by atoms with van der Waals surface area (Å²) in [6, 6.07) is 8.27. The Balaban J connectivity index is 1.12. The first-order chi connectivity index (χ1) is 20.9. The summed E-state index contributed by atoms with van der Waals surface area (Å²) < 4.78 is 52.2. The molecule has 3 aliphatic heterocycles. The Labute approximate surface area is 248 Å². The number of hydrogen-bond donors (Lipinski definition) is 1. The van der Waals surface area contributed by atoms with Gasteiger partial charge in [-0.25, -0.2) is 18.7 Å². The molecule has 2 unspecified atom stereocenters. The molecule has 226 valence electrons. The molecule has 0 spiro atoms. The fraction of sp³-hybridized carbons (Fsp3) is 0.469. The molecule has 2 aromatic carbocycles. The van der Waals surface area contributed by atoms with E-state index in [1.807, 2.05) is 4.90 Å². The fourth-order valence-electron chi connectivity index (χ4n) is 6.42. The zero-order valence-electron chi connectivity index (χ0n) is 23.9. The molecule has 4 atom stereocenters. The number of benzene rings is 2. The normalized spacial score (nSPS) is 26.8. The highest BCUT2D eigenvalue weighted by molar-refractivity contribution is 5.97. The molecule has 1 N–H and O–H groups in total. The third kappa shape index (κ3) is 5.99. The number of Topliss-reactive ketones (excluding diaryl/α,β-unsaturated/α-hetero) is 1. The average Bonchev–Trinajstić information content (AvgIpc) is 3.31. The Morgan fingerprint density at radius 3 is 2.63 bits per heavy atom. The molecular formula is C32H34F2N4O5. The Hall–Kier alpha value is -3.51. The van der Waals surface area contributed by atoms with Gasteiger partial charge in [-0.3, -0.25) is 9.69 Å². The van der Waals surface area contributed by atoms with Crippen LogP contribution in [0.5, 0.6) is 5.75 Å². The minimum absolute atomic E-state index is 0.0142.